The van der Waals surface area contributed by atoms with Crippen LogP contribution in [0.2, 0.25) is 0 Å². The van der Waals surface area contributed by atoms with Crippen LogP contribution in [0.5, 0.6) is 0 Å². The van der Waals surface area contributed by atoms with E-state index >= 15 is 0 Å². The van der Waals surface area contributed by atoms with Crippen LogP contribution in [0, 0.1) is 17.5 Å². The van der Waals surface area contributed by atoms with Crippen molar-refractivity contribution in [2.24, 2.45) is 0 Å². The Morgan fingerprint density at radius 1 is 1.47 bits per heavy atom. The second-order valence-electron chi connectivity index (χ2n) is 4.35. The number of hydrogen-bond acceptors (Lipinski definition) is 3. The van der Waals surface area contributed by atoms with E-state index in [1.54, 1.807) is 17.4 Å². The van der Waals surface area contributed by atoms with Crippen LogP contribution >= 0.6 is 23.6 Å². The third-order valence-electron chi connectivity index (χ3n) is 2.99. The maximum Gasteiger partial charge on any atom is 0.178 e. The molecule has 0 aliphatic carbocycles. The Bertz CT molecular complexity index is 785. The largest absolute Gasteiger partial charge is 0.330 e. The zero-order chi connectivity index (χ0) is 13.4. The summed E-state index contributed by atoms with van der Waals surface area (Å²) in [5, 5.41) is 3.13. The van der Waals surface area contributed by atoms with Crippen LogP contribution in [-0.4, -0.2) is 14.5 Å². The fourth-order valence-electron chi connectivity index (χ4n) is 2.11. The average molecular weight is 293 g/mol. The number of aromatic nitrogens is 3. The number of halogens is 1. The number of imidazole rings is 1. The molecule has 0 radical (unpaired) electrons. The van der Waals surface area contributed by atoms with Crippen molar-refractivity contribution in [3.8, 4) is 0 Å². The highest BCUT2D eigenvalue weighted by Gasteiger charge is 2.06. The second-order valence-corrected chi connectivity index (χ2v) is 5.80. The van der Waals surface area contributed by atoms with Gasteiger partial charge >= 0.3 is 0 Å². The molecule has 1 aromatic carbocycles. The molecule has 3 aromatic rings. The summed E-state index contributed by atoms with van der Waals surface area (Å²) in [6.07, 6.45) is 0.822. The Balaban J connectivity index is 1.92. The van der Waals surface area contributed by atoms with Gasteiger partial charge in [0.2, 0.25) is 0 Å². The smallest absolute Gasteiger partial charge is 0.178 e. The Hall–Kier alpha value is -1.53. The molecule has 0 amide bonds. The highest BCUT2D eigenvalue weighted by Crippen LogP contribution is 2.17. The zero-order valence-electron chi connectivity index (χ0n) is 10.3. The standard InChI is InChI=1S/C13H12FN3S2/c1-8-15-10(7-19-8)4-5-17-12-3-2-9(14)6-11(12)16-13(17)18/h2-3,6-7H,4-5H2,1H3,(H,16,18). The van der Waals surface area contributed by atoms with Gasteiger partial charge in [-0.2, -0.15) is 0 Å². The van der Waals surface area contributed by atoms with Gasteiger partial charge in [-0.3, -0.25) is 0 Å². The van der Waals surface area contributed by atoms with E-state index in [1.807, 2.05) is 11.5 Å². The number of thiazole rings is 1. The lowest BCUT2D eigenvalue weighted by Gasteiger charge is -2.02. The Labute approximate surface area is 118 Å². The first-order chi connectivity index (χ1) is 9.13. The van der Waals surface area contributed by atoms with E-state index in [0.29, 0.717) is 4.77 Å². The van der Waals surface area contributed by atoms with Gasteiger partial charge in [0.1, 0.15) is 5.82 Å². The summed E-state index contributed by atoms with van der Waals surface area (Å²) in [6.45, 7) is 2.74. The molecule has 1 N–H and O–H groups in total. The van der Waals surface area contributed by atoms with E-state index < -0.39 is 0 Å². The van der Waals surface area contributed by atoms with Gasteiger partial charge in [0.15, 0.2) is 4.77 Å². The van der Waals surface area contributed by atoms with Gasteiger partial charge < -0.3 is 9.55 Å². The van der Waals surface area contributed by atoms with E-state index in [4.69, 9.17) is 12.2 Å². The minimum absolute atomic E-state index is 0.258. The van der Waals surface area contributed by atoms with E-state index in [1.165, 1.54) is 12.1 Å². The number of aromatic amines is 1. The first kappa shape index (κ1) is 12.5. The lowest BCUT2D eigenvalue weighted by Crippen LogP contribution is -2.01. The molecule has 3 nitrogen and oxygen atoms in total. The second kappa shape index (κ2) is 4.86. The van der Waals surface area contributed by atoms with E-state index in [-0.39, 0.29) is 5.82 Å². The Morgan fingerprint density at radius 2 is 2.32 bits per heavy atom. The summed E-state index contributed by atoms with van der Waals surface area (Å²) >= 11 is 6.93. The van der Waals surface area contributed by atoms with Gasteiger partial charge in [0.05, 0.1) is 21.7 Å². The molecule has 0 bridgehead atoms. The topological polar surface area (TPSA) is 33.6 Å². The monoisotopic (exact) mass is 293 g/mol. The first-order valence-corrected chi connectivity index (χ1v) is 7.21. The number of nitrogens with one attached hydrogen (secondary N) is 1. The van der Waals surface area contributed by atoms with E-state index in [2.05, 4.69) is 15.3 Å². The maximum atomic E-state index is 13.2. The van der Waals surface area contributed by atoms with Crippen molar-refractivity contribution in [1.82, 2.24) is 14.5 Å². The molecule has 3 rings (SSSR count). The quantitative estimate of drug-likeness (QED) is 0.744. The molecule has 0 atom stereocenters. The molecule has 2 aromatic heterocycles. The van der Waals surface area contributed by atoms with Crippen LogP contribution in [0.3, 0.4) is 0 Å². The minimum Gasteiger partial charge on any atom is -0.330 e. The molecule has 0 aliphatic rings. The first-order valence-electron chi connectivity index (χ1n) is 5.92. The highest BCUT2D eigenvalue weighted by molar-refractivity contribution is 7.71. The Morgan fingerprint density at radius 3 is 3.05 bits per heavy atom. The van der Waals surface area contributed by atoms with Crippen molar-refractivity contribution in [3.63, 3.8) is 0 Å². The third kappa shape index (κ3) is 2.46. The summed E-state index contributed by atoms with van der Waals surface area (Å²) in [4.78, 5) is 7.46. The number of H-pyrrole nitrogens is 1. The number of nitrogens with zero attached hydrogens (tertiary/aromatic N) is 2. The zero-order valence-corrected chi connectivity index (χ0v) is 11.9. The van der Waals surface area contributed by atoms with Crippen LogP contribution in [-0.2, 0) is 13.0 Å². The van der Waals surface area contributed by atoms with Gasteiger partial charge in [0.25, 0.3) is 0 Å². The predicted octanol–water partition coefficient (Wildman–Crippen LogP) is 3.85. The average Bonchev–Trinajstić information content (AvgIpc) is 2.89. The summed E-state index contributed by atoms with van der Waals surface area (Å²) in [7, 11) is 0. The summed E-state index contributed by atoms with van der Waals surface area (Å²) in [5.74, 6) is -0.258. The van der Waals surface area contributed by atoms with Crippen molar-refractivity contribution in [3.05, 3.63) is 44.9 Å². The normalized spacial score (nSPS) is 11.3. The van der Waals surface area contributed by atoms with Gasteiger partial charge in [-0.25, -0.2) is 9.37 Å². The molecule has 98 valence electrons. The molecule has 19 heavy (non-hydrogen) atoms. The summed E-state index contributed by atoms with van der Waals surface area (Å²) in [6, 6.07) is 4.67. The highest BCUT2D eigenvalue weighted by atomic mass is 32.1. The van der Waals surface area contributed by atoms with Gasteiger partial charge in [0, 0.05) is 18.3 Å². The van der Waals surface area contributed by atoms with Crippen molar-refractivity contribution in [2.75, 3.05) is 0 Å². The molecule has 0 saturated heterocycles. The van der Waals surface area contributed by atoms with Crippen molar-refractivity contribution < 1.29 is 4.39 Å². The SMILES string of the molecule is Cc1nc(CCn2c(=S)[nH]c3cc(F)ccc32)cs1. The number of aryl methyl sites for hydroxylation is 3. The minimum atomic E-state index is -0.258. The number of hydrogen-bond donors (Lipinski definition) is 1. The van der Waals surface area contributed by atoms with Gasteiger partial charge in [-0.15, -0.1) is 11.3 Å². The van der Waals surface area contributed by atoms with Crippen molar-refractivity contribution in [1.29, 1.82) is 0 Å². The fraction of sp³-hybridized carbons (Fsp3) is 0.231. The molecule has 0 aliphatic heterocycles. The number of rotatable bonds is 3. The van der Waals surface area contributed by atoms with Crippen LogP contribution < -0.4 is 0 Å². The molecule has 0 spiro atoms. The van der Waals surface area contributed by atoms with Gasteiger partial charge in [-0.1, -0.05) is 0 Å². The van der Waals surface area contributed by atoms with Gasteiger partial charge in [-0.05, 0) is 37.3 Å². The molecule has 0 unspecified atom stereocenters. The fourth-order valence-corrected chi connectivity index (χ4v) is 3.05. The molecule has 6 heteroatoms. The third-order valence-corrected chi connectivity index (χ3v) is 4.14. The summed E-state index contributed by atoms with van der Waals surface area (Å²) < 4.78 is 15.8. The predicted molar refractivity (Wildman–Crippen MR) is 77.6 cm³/mol. The lowest BCUT2D eigenvalue weighted by atomic mass is 10.3. The van der Waals surface area contributed by atoms with Crippen molar-refractivity contribution in [2.45, 2.75) is 19.9 Å². The molecule has 2 heterocycles. The Kier molecular flexibility index (Phi) is 3.20. The van der Waals surface area contributed by atoms with Crippen LogP contribution in [0.15, 0.2) is 23.6 Å². The molecule has 0 saturated carbocycles. The van der Waals surface area contributed by atoms with E-state index in [9.17, 15) is 4.39 Å². The number of fused-ring (bicyclic) bond motifs is 1. The van der Waals surface area contributed by atoms with Crippen LogP contribution in [0.1, 0.15) is 10.7 Å². The lowest BCUT2D eigenvalue weighted by molar-refractivity contribution is 0.629. The molecular weight excluding hydrogens is 281 g/mol. The van der Waals surface area contributed by atoms with E-state index in [0.717, 1.165) is 34.7 Å². The number of benzene rings is 1. The van der Waals surface area contributed by atoms with Crippen molar-refractivity contribution >= 4 is 34.6 Å². The molecule has 0 fully saturated rings. The van der Waals surface area contributed by atoms with Crippen LogP contribution in [0.25, 0.3) is 11.0 Å². The molecular formula is C13H12FN3S2. The summed E-state index contributed by atoms with van der Waals surface area (Å²) in [5.41, 5.74) is 2.73. The maximum absolute atomic E-state index is 13.2. The van der Waals surface area contributed by atoms with Crippen LogP contribution in [0.4, 0.5) is 4.39 Å².